The number of rotatable bonds is 3. The summed E-state index contributed by atoms with van der Waals surface area (Å²) in [6.07, 6.45) is 0.814. The summed E-state index contributed by atoms with van der Waals surface area (Å²) in [6, 6.07) is 10.4. The Morgan fingerprint density at radius 3 is 2.11 bits per heavy atom. The third-order valence-corrected chi connectivity index (χ3v) is 8.59. The number of benzene rings is 2. The van der Waals surface area contributed by atoms with E-state index < -0.39 is 15.6 Å². The minimum absolute atomic E-state index is 0.0356. The number of hydrogen-bond acceptors (Lipinski definition) is 5. The van der Waals surface area contributed by atoms with Gasteiger partial charge in [0.25, 0.3) is 0 Å². The van der Waals surface area contributed by atoms with Crippen LogP contribution in [0.2, 0.25) is 5.02 Å². The van der Waals surface area contributed by atoms with Crippen molar-refractivity contribution < 1.29 is 22.7 Å². The molecule has 0 bridgehead atoms. The molecule has 10 heteroatoms. The molecule has 0 spiro atoms. The fraction of sp³-hybridized carbons (Fsp3) is 0.520. The van der Waals surface area contributed by atoms with Crippen molar-refractivity contribution in [1.29, 1.82) is 0 Å². The maximum Gasteiger partial charge on any atom is 0.410 e. The van der Waals surface area contributed by atoms with E-state index in [1.807, 2.05) is 20.8 Å². The smallest absolute Gasteiger partial charge is 0.410 e. The molecule has 0 N–H and O–H groups in total. The van der Waals surface area contributed by atoms with Gasteiger partial charge in [-0.3, -0.25) is 4.79 Å². The summed E-state index contributed by atoms with van der Waals surface area (Å²) in [4.78, 5) is 29.0. The van der Waals surface area contributed by atoms with Crippen LogP contribution in [0.25, 0.3) is 10.8 Å². The summed E-state index contributed by atoms with van der Waals surface area (Å²) < 4.78 is 33.3. The van der Waals surface area contributed by atoms with Crippen LogP contribution in [-0.2, 0) is 19.6 Å². The zero-order valence-corrected chi connectivity index (χ0v) is 21.9. The van der Waals surface area contributed by atoms with Gasteiger partial charge in [0.05, 0.1) is 4.90 Å². The number of fused-ring (bicyclic) bond motifs is 1. The van der Waals surface area contributed by atoms with E-state index in [9.17, 15) is 18.0 Å². The second-order valence-corrected chi connectivity index (χ2v) is 12.5. The second-order valence-electron chi connectivity index (χ2n) is 10.1. The molecule has 35 heavy (non-hydrogen) atoms. The summed E-state index contributed by atoms with van der Waals surface area (Å²) >= 11 is 6.03. The highest BCUT2D eigenvalue weighted by atomic mass is 35.5. The van der Waals surface area contributed by atoms with Crippen LogP contribution in [0.1, 0.15) is 33.6 Å². The van der Waals surface area contributed by atoms with E-state index in [-0.39, 0.29) is 35.9 Å². The van der Waals surface area contributed by atoms with Gasteiger partial charge in [-0.15, -0.1) is 0 Å². The molecule has 4 rings (SSSR count). The number of likely N-dealkylation sites (tertiary alicyclic amines) is 1. The lowest BCUT2D eigenvalue weighted by molar-refractivity contribution is -0.138. The van der Waals surface area contributed by atoms with Crippen molar-refractivity contribution in [3.8, 4) is 0 Å². The normalized spacial score (nSPS) is 18.6. The summed E-state index contributed by atoms with van der Waals surface area (Å²) in [5.74, 6) is -0.127. The van der Waals surface area contributed by atoms with Crippen molar-refractivity contribution in [3.05, 3.63) is 41.4 Å². The number of amides is 2. The van der Waals surface area contributed by atoms with Crippen LogP contribution in [-0.4, -0.2) is 79.4 Å². The number of ether oxygens (including phenoxy) is 1. The van der Waals surface area contributed by atoms with Gasteiger partial charge in [0.15, 0.2) is 0 Å². The third-order valence-electron chi connectivity index (χ3n) is 6.46. The lowest BCUT2D eigenvalue weighted by atomic mass is 9.95. The minimum Gasteiger partial charge on any atom is -0.444 e. The number of carbonyl (C=O) groups excluding carboxylic acids is 2. The molecule has 190 valence electrons. The van der Waals surface area contributed by atoms with Crippen molar-refractivity contribution in [2.45, 2.75) is 44.1 Å². The Labute approximate surface area is 211 Å². The molecule has 2 amide bonds. The topological polar surface area (TPSA) is 87.2 Å². The van der Waals surface area contributed by atoms with E-state index in [4.69, 9.17) is 16.3 Å². The van der Waals surface area contributed by atoms with Crippen LogP contribution < -0.4 is 0 Å². The lowest BCUT2D eigenvalue weighted by Gasteiger charge is -2.38. The zero-order valence-electron chi connectivity index (χ0n) is 20.4. The van der Waals surface area contributed by atoms with Gasteiger partial charge in [-0.1, -0.05) is 23.7 Å². The molecule has 0 unspecified atom stereocenters. The van der Waals surface area contributed by atoms with Crippen LogP contribution in [0.15, 0.2) is 41.3 Å². The number of carbonyl (C=O) groups is 2. The fourth-order valence-corrected chi connectivity index (χ4v) is 6.19. The number of piperidine rings is 1. The quantitative estimate of drug-likeness (QED) is 0.610. The first-order valence-corrected chi connectivity index (χ1v) is 13.7. The number of hydrogen-bond donors (Lipinski definition) is 0. The molecule has 0 aromatic heterocycles. The highest BCUT2D eigenvalue weighted by Gasteiger charge is 2.35. The molecule has 2 aliphatic rings. The molecule has 2 saturated heterocycles. The Morgan fingerprint density at radius 1 is 0.886 bits per heavy atom. The number of halogens is 1. The van der Waals surface area contributed by atoms with Crippen LogP contribution in [0.3, 0.4) is 0 Å². The number of piperazine rings is 1. The Hall–Kier alpha value is -2.36. The predicted octanol–water partition coefficient (Wildman–Crippen LogP) is 3.97. The molecule has 2 aromatic carbocycles. The fourth-order valence-electron chi connectivity index (χ4n) is 4.55. The van der Waals surface area contributed by atoms with Gasteiger partial charge in [0.1, 0.15) is 5.60 Å². The molecular formula is C25H32ClN3O5S. The monoisotopic (exact) mass is 521 g/mol. The number of nitrogens with zero attached hydrogens (tertiary/aromatic N) is 3. The standard InChI is InChI=1S/C25H32ClN3O5S/c1-25(2,3)34-24(31)28-10-8-18(9-11-28)23(30)27-12-14-29(15-13-27)35(32,33)22-7-5-19-16-21(26)6-4-20(19)17-22/h4-7,16-18H,8-15H2,1-3H3. The van der Waals surface area contributed by atoms with E-state index in [1.54, 1.807) is 46.2 Å². The Morgan fingerprint density at radius 2 is 1.49 bits per heavy atom. The Kier molecular flexibility index (Phi) is 7.31. The predicted molar refractivity (Wildman–Crippen MR) is 135 cm³/mol. The van der Waals surface area contributed by atoms with Gasteiger partial charge in [-0.05, 0) is 68.7 Å². The van der Waals surface area contributed by atoms with E-state index in [0.717, 1.165) is 10.8 Å². The SMILES string of the molecule is CC(C)(C)OC(=O)N1CCC(C(=O)N2CCN(S(=O)(=O)c3ccc4cc(Cl)ccc4c3)CC2)CC1. The first-order valence-electron chi connectivity index (χ1n) is 11.9. The van der Waals surface area contributed by atoms with Crippen LogP contribution in [0, 0.1) is 5.92 Å². The second kappa shape index (κ2) is 9.95. The van der Waals surface area contributed by atoms with Gasteiger partial charge in [0.2, 0.25) is 15.9 Å². The average Bonchev–Trinajstić information content (AvgIpc) is 2.82. The van der Waals surface area contributed by atoms with Crippen LogP contribution in [0.4, 0.5) is 4.79 Å². The number of sulfonamides is 1. The van der Waals surface area contributed by atoms with Crippen molar-refractivity contribution >= 4 is 44.4 Å². The first kappa shape index (κ1) is 25.7. The highest BCUT2D eigenvalue weighted by molar-refractivity contribution is 7.89. The molecule has 2 fully saturated rings. The largest absolute Gasteiger partial charge is 0.444 e. The third kappa shape index (κ3) is 5.90. The molecule has 2 aliphatic heterocycles. The maximum atomic E-state index is 13.2. The van der Waals surface area contributed by atoms with Gasteiger partial charge < -0.3 is 14.5 Å². The van der Waals surface area contributed by atoms with E-state index in [2.05, 4.69) is 0 Å². The first-order chi connectivity index (χ1) is 16.4. The van der Waals surface area contributed by atoms with E-state index in [1.165, 1.54) is 4.31 Å². The Balaban J connectivity index is 1.32. The summed E-state index contributed by atoms with van der Waals surface area (Å²) in [7, 11) is -3.67. The Bertz CT molecular complexity index is 1210. The molecule has 0 radical (unpaired) electrons. The van der Waals surface area contributed by atoms with Gasteiger partial charge in [0, 0.05) is 50.2 Å². The van der Waals surface area contributed by atoms with Crippen molar-refractivity contribution in [3.63, 3.8) is 0 Å². The van der Waals surface area contributed by atoms with E-state index in [0.29, 0.717) is 44.0 Å². The van der Waals surface area contributed by atoms with E-state index >= 15 is 0 Å². The van der Waals surface area contributed by atoms with Gasteiger partial charge in [-0.2, -0.15) is 4.31 Å². The maximum absolute atomic E-state index is 13.2. The van der Waals surface area contributed by atoms with Crippen molar-refractivity contribution in [2.75, 3.05) is 39.3 Å². The van der Waals surface area contributed by atoms with Crippen molar-refractivity contribution in [1.82, 2.24) is 14.1 Å². The molecule has 2 aromatic rings. The summed E-state index contributed by atoms with van der Waals surface area (Å²) in [6.45, 7) is 7.67. The molecule has 0 saturated carbocycles. The minimum atomic E-state index is -3.67. The molecule has 2 heterocycles. The highest BCUT2D eigenvalue weighted by Crippen LogP contribution is 2.26. The lowest BCUT2D eigenvalue weighted by Crippen LogP contribution is -2.53. The van der Waals surface area contributed by atoms with Gasteiger partial charge in [-0.25, -0.2) is 13.2 Å². The van der Waals surface area contributed by atoms with Gasteiger partial charge >= 0.3 is 6.09 Å². The molecular weight excluding hydrogens is 490 g/mol. The summed E-state index contributed by atoms with van der Waals surface area (Å²) in [5, 5.41) is 2.29. The van der Waals surface area contributed by atoms with Crippen molar-refractivity contribution in [2.24, 2.45) is 5.92 Å². The molecule has 0 atom stereocenters. The molecule has 8 nitrogen and oxygen atoms in total. The average molecular weight is 522 g/mol. The molecule has 0 aliphatic carbocycles. The van der Waals surface area contributed by atoms with Crippen LogP contribution in [0.5, 0.6) is 0 Å². The summed E-state index contributed by atoms with van der Waals surface area (Å²) in [5.41, 5.74) is -0.551. The van der Waals surface area contributed by atoms with Crippen LogP contribution >= 0.6 is 11.6 Å². The zero-order chi connectivity index (χ0) is 25.4.